The van der Waals surface area contributed by atoms with Crippen LogP contribution < -0.4 is 4.74 Å². The Balaban J connectivity index is 2.66. The lowest BCUT2D eigenvalue weighted by Gasteiger charge is -2.13. The van der Waals surface area contributed by atoms with Gasteiger partial charge in [0.15, 0.2) is 0 Å². The first kappa shape index (κ1) is 13.3. The molecule has 0 radical (unpaired) electrons. The van der Waals surface area contributed by atoms with E-state index in [2.05, 4.69) is 0 Å². The van der Waals surface area contributed by atoms with Gasteiger partial charge in [-0.05, 0) is 29.5 Å². The highest BCUT2D eigenvalue weighted by Gasteiger charge is 2.10. The second-order valence-corrected chi connectivity index (χ2v) is 4.52. The molecule has 1 aromatic carbocycles. The molecule has 0 aliphatic carbocycles. The minimum absolute atomic E-state index is 0.186. The summed E-state index contributed by atoms with van der Waals surface area (Å²) >= 11 is 11.8. The van der Waals surface area contributed by atoms with Crippen molar-refractivity contribution in [2.24, 2.45) is 0 Å². The lowest BCUT2D eigenvalue weighted by molar-refractivity contribution is -0.131. The van der Waals surface area contributed by atoms with Crippen LogP contribution in [-0.2, 0) is 4.79 Å². The Hall–Kier alpha value is -0.770. The van der Waals surface area contributed by atoms with E-state index < -0.39 is 0 Å². The number of halogens is 2. The summed E-state index contributed by atoms with van der Waals surface area (Å²) in [7, 11) is 1.74. The van der Waals surface area contributed by atoms with Crippen LogP contribution in [0.3, 0.4) is 0 Å². The number of nitrogens with zero attached hydrogens (tertiary/aromatic N) is 1. The van der Waals surface area contributed by atoms with E-state index in [1.807, 2.05) is 12.1 Å². The summed E-state index contributed by atoms with van der Waals surface area (Å²) in [5, 5.41) is -0.186. The third kappa shape index (κ3) is 4.39. The predicted molar refractivity (Wildman–Crippen MR) is 64.8 cm³/mol. The van der Waals surface area contributed by atoms with Crippen LogP contribution in [0.25, 0.3) is 0 Å². The molecule has 0 heterocycles. The van der Waals surface area contributed by atoms with Crippen LogP contribution in [0.4, 0.5) is 0 Å². The van der Waals surface area contributed by atoms with Crippen LogP contribution in [0.2, 0.25) is 0 Å². The zero-order chi connectivity index (χ0) is 12.1. The van der Waals surface area contributed by atoms with Crippen molar-refractivity contribution in [1.29, 1.82) is 0 Å². The molecule has 88 valence electrons. The van der Waals surface area contributed by atoms with Crippen LogP contribution >= 0.6 is 23.4 Å². The lowest BCUT2D eigenvalue weighted by atomic mass is 10.1. The minimum atomic E-state index is -0.337. The third-order valence-electron chi connectivity index (χ3n) is 1.92. The predicted octanol–water partition coefficient (Wildman–Crippen LogP) is 2.98. The summed E-state index contributed by atoms with van der Waals surface area (Å²) in [6.07, 6.45) is 0. The van der Waals surface area contributed by atoms with E-state index in [9.17, 15) is 4.79 Å². The van der Waals surface area contributed by atoms with Gasteiger partial charge >= 0.3 is 5.97 Å². The molecule has 1 unspecified atom stereocenters. The molecule has 0 amide bonds. The van der Waals surface area contributed by atoms with E-state index in [0.29, 0.717) is 12.3 Å². The fraction of sp³-hybridized carbons (Fsp3) is 0.364. The summed E-state index contributed by atoms with van der Waals surface area (Å²) in [5.41, 5.74) is 0.935. The molecular formula is C11H13Cl2NO2. The van der Waals surface area contributed by atoms with E-state index in [-0.39, 0.29) is 11.3 Å². The molecule has 3 nitrogen and oxygen atoms in total. The Morgan fingerprint density at radius 3 is 2.44 bits per heavy atom. The average Bonchev–Trinajstić information content (AvgIpc) is 2.16. The van der Waals surface area contributed by atoms with Crippen molar-refractivity contribution < 1.29 is 9.53 Å². The summed E-state index contributed by atoms with van der Waals surface area (Å²) in [4.78, 5) is 10.7. The molecule has 1 aromatic rings. The van der Waals surface area contributed by atoms with Gasteiger partial charge in [0, 0.05) is 20.5 Å². The molecule has 0 bridgehead atoms. The summed E-state index contributed by atoms with van der Waals surface area (Å²) in [6.45, 7) is 1.90. The van der Waals surface area contributed by atoms with E-state index in [0.717, 1.165) is 5.56 Å². The Labute approximate surface area is 105 Å². The largest absolute Gasteiger partial charge is 0.427 e. The number of esters is 1. The number of carbonyl (C=O) groups is 1. The first-order valence-corrected chi connectivity index (χ1v) is 5.56. The van der Waals surface area contributed by atoms with Gasteiger partial charge in [-0.1, -0.05) is 12.1 Å². The SMILES string of the molecule is CC(=O)Oc1ccc(C(Cl)CN(C)Cl)cc1. The topological polar surface area (TPSA) is 29.5 Å². The number of carbonyl (C=O) groups excluding carboxylic acids is 1. The van der Waals surface area contributed by atoms with Crippen molar-refractivity contribution in [2.45, 2.75) is 12.3 Å². The molecule has 5 heteroatoms. The first-order chi connectivity index (χ1) is 7.49. The smallest absolute Gasteiger partial charge is 0.308 e. The van der Waals surface area contributed by atoms with E-state index in [4.69, 9.17) is 28.1 Å². The Bertz CT molecular complexity index is 352. The molecule has 0 saturated heterocycles. The molecule has 0 spiro atoms. The summed E-state index contributed by atoms with van der Waals surface area (Å²) in [5.74, 6) is 0.176. The maximum absolute atomic E-state index is 10.7. The summed E-state index contributed by atoms with van der Waals surface area (Å²) in [6, 6.07) is 7.05. The first-order valence-electron chi connectivity index (χ1n) is 4.78. The number of hydrogen-bond acceptors (Lipinski definition) is 3. The fourth-order valence-corrected chi connectivity index (χ4v) is 1.80. The van der Waals surface area contributed by atoms with Crippen molar-refractivity contribution in [2.75, 3.05) is 13.6 Å². The molecule has 0 saturated carbocycles. The van der Waals surface area contributed by atoms with E-state index in [1.165, 1.54) is 11.3 Å². The Kier molecular flexibility index (Phi) is 5.06. The van der Waals surface area contributed by atoms with Gasteiger partial charge in [-0.2, -0.15) is 0 Å². The average molecular weight is 262 g/mol. The highest BCUT2D eigenvalue weighted by Crippen LogP contribution is 2.24. The van der Waals surface area contributed by atoms with Gasteiger partial charge in [-0.3, -0.25) is 4.79 Å². The highest BCUT2D eigenvalue weighted by atomic mass is 35.5. The van der Waals surface area contributed by atoms with Gasteiger partial charge in [-0.15, -0.1) is 11.6 Å². The monoisotopic (exact) mass is 261 g/mol. The van der Waals surface area contributed by atoms with Crippen molar-refractivity contribution in [3.63, 3.8) is 0 Å². The van der Waals surface area contributed by atoms with Crippen LogP contribution in [0.5, 0.6) is 5.75 Å². The second kappa shape index (κ2) is 6.09. The van der Waals surface area contributed by atoms with Crippen molar-refractivity contribution in [3.8, 4) is 5.75 Å². The quantitative estimate of drug-likeness (QED) is 0.361. The normalized spacial score (nSPS) is 12.6. The number of ether oxygens (including phenoxy) is 1. The van der Waals surface area contributed by atoms with Crippen LogP contribution in [-0.4, -0.2) is 24.0 Å². The number of hydrogen-bond donors (Lipinski definition) is 0. The van der Waals surface area contributed by atoms with Gasteiger partial charge in [0.05, 0.1) is 5.38 Å². The van der Waals surface area contributed by atoms with Crippen molar-refractivity contribution in [3.05, 3.63) is 29.8 Å². The molecule has 0 aliphatic rings. The molecule has 0 N–H and O–H groups in total. The van der Waals surface area contributed by atoms with Gasteiger partial charge in [0.25, 0.3) is 0 Å². The third-order valence-corrected chi connectivity index (χ3v) is 2.44. The second-order valence-electron chi connectivity index (χ2n) is 3.42. The molecule has 0 aliphatic heterocycles. The van der Waals surface area contributed by atoms with Gasteiger partial charge in [0.1, 0.15) is 5.75 Å². The fourth-order valence-electron chi connectivity index (χ4n) is 1.24. The number of rotatable bonds is 4. The van der Waals surface area contributed by atoms with E-state index in [1.54, 1.807) is 19.2 Å². The molecule has 0 aromatic heterocycles. The van der Waals surface area contributed by atoms with Crippen LogP contribution in [0.15, 0.2) is 24.3 Å². The number of likely N-dealkylation sites (N-methyl/N-ethyl adjacent to an activating group) is 1. The van der Waals surface area contributed by atoms with Gasteiger partial charge in [-0.25, -0.2) is 4.42 Å². The molecule has 1 rings (SSSR count). The summed E-state index contributed by atoms with van der Waals surface area (Å²) < 4.78 is 6.41. The van der Waals surface area contributed by atoms with Gasteiger partial charge < -0.3 is 4.74 Å². The molecular weight excluding hydrogens is 249 g/mol. The van der Waals surface area contributed by atoms with E-state index >= 15 is 0 Å². The zero-order valence-electron chi connectivity index (χ0n) is 9.11. The standard InChI is InChI=1S/C11H13Cl2NO2/c1-8(15)16-10-5-3-9(4-6-10)11(12)7-14(2)13/h3-6,11H,7H2,1-2H3. The molecule has 16 heavy (non-hydrogen) atoms. The zero-order valence-corrected chi connectivity index (χ0v) is 10.6. The lowest BCUT2D eigenvalue weighted by Crippen LogP contribution is -2.12. The van der Waals surface area contributed by atoms with Crippen molar-refractivity contribution >= 4 is 29.3 Å². The van der Waals surface area contributed by atoms with Crippen molar-refractivity contribution in [1.82, 2.24) is 4.42 Å². The maximum Gasteiger partial charge on any atom is 0.308 e. The minimum Gasteiger partial charge on any atom is -0.427 e. The number of alkyl halides is 1. The molecule has 1 atom stereocenters. The number of benzene rings is 1. The highest BCUT2D eigenvalue weighted by molar-refractivity contribution is 6.21. The Morgan fingerprint density at radius 2 is 2.00 bits per heavy atom. The maximum atomic E-state index is 10.7. The molecule has 0 fully saturated rings. The van der Waals surface area contributed by atoms with Crippen LogP contribution in [0, 0.1) is 0 Å². The Morgan fingerprint density at radius 1 is 1.44 bits per heavy atom. The van der Waals surface area contributed by atoms with Gasteiger partial charge in [0.2, 0.25) is 0 Å². The van der Waals surface area contributed by atoms with Crippen LogP contribution in [0.1, 0.15) is 17.9 Å².